The average molecular weight is 224 g/mol. The van der Waals surface area contributed by atoms with Gasteiger partial charge >= 0.3 is 0 Å². The molecule has 2 aliphatic carbocycles. The van der Waals surface area contributed by atoms with Crippen LogP contribution in [-0.4, -0.2) is 0 Å². The van der Waals surface area contributed by atoms with E-state index in [1.807, 2.05) is 0 Å². The fourth-order valence-corrected chi connectivity index (χ4v) is 3.11. The lowest BCUT2D eigenvalue weighted by molar-refractivity contribution is 0.524. The molecule has 0 radical (unpaired) electrons. The molecule has 0 bridgehead atoms. The fraction of sp³-hybridized carbons (Fsp3) is 0.412. The zero-order chi connectivity index (χ0) is 11.5. The van der Waals surface area contributed by atoms with Crippen LogP contribution >= 0.6 is 0 Å². The smallest absolute Gasteiger partial charge is 0.00272 e. The Bertz CT molecular complexity index is 439. The minimum atomic E-state index is 0.677. The molecule has 0 nitrogen and oxygen atoms in total. The molecule has 1 aromatic rings. The van der Waals surface area contributed by atoms with Gasteiger partial charge in [0.15, 0.2) is 0 Å². The third kappa shape index (κ3) is 2.36. The van der Waals surface area contributed by atoms with E-state index in [0.29, 0.717) is 5.92 Å². The van der Waals surface area contributed by atoms with E-state index in [4.69, 9.17) is 0 Å². The van der Waals surface area contributed by atoms with Gasteiger partial charge in [-0.2, -0.15) is 0 Å². The second-order valence-corrected chi connectivity index (χ2v) is 5.29. The largest absolute Gasteiger partial charge is 0.0882 e. The standard InChI is InChI=1S/C17H20/c1-2-7-14(6-1)8-5-10-16-13-12-15-9-3-4-11-17(15)16/h1,3-4,6,9,11-14,16H,2,5,7-8,10H2. The molecule has 3 rings (SSSR count). The predicted molar refractivity (Wildman–Crippen MR) is 73.9 cm³/mol. The lowest BCUT2D eigenvalue weighted by Gasteiger charge is -2.12. The molecule has 88 valence electrons. The maximum absolute atomic E-state index is 2.42. The molecule has 17 heavy (non-hydrogen) atoms. The highest BCUT2D eigenvalue weighted by molar-refractivity contribution is 5.62. The van der Waals surface area contributed by atoms with Gasteiger partial charge in [0, 0.05) is 5.92 Å². The molecule has 0 N–H and O–H groups in total. The summed E-state index contributed by atoms with van der Waals surface area (Å²) in [5, 5.41) is 0. The lowest BCUT2D eigenvalue weighted by atomic mass is 9.92. The average Bonchev–Trinajstić information content (AvgIpc) is 2.99. The van der Waals surface area contributed by atoms with Crippen molar-refractivity contribution in [3.63, 3.8) is 0 Å². The van der Waals surface area contributed by atoms with Gasteiger partial charge in [-0.05, 0) is 42.7 Å². The SMILES string of the molecule is C1=CC(CCCC2C=Cc3ccccc32)CC1. The first-order valence-corrected chi connectivity index (χ1v) is 6.87. The molecular weight excluding hydrogens is 204 g/mol. The monoisotopic (exact) mass is 224 g/mol. The van der Waals surface area contributed by atoms with Crippen LogP contribution in [0.1, 0.15) is 49.1 Å². The molecule has 0 amide bonds. The lowest BCUT2D eigenvalue weighted by Crippen LogP contribution is -1.96. The number of fused-ring (bicyclic) bond motifs is 1. The Balaban J connectivity index is 1.53. The number of hydrogen-bond donors (Lipinski definition) is 0. The molecule has 0 heteroatoms. The molecule has 0 fully saturated rings. The van der Waals surface area contributed by atoms with Crippen LogP contribution in [-0.2, 0) is 0 Å². The predicted octanol–water partition coefficient (Wildman–Crippen LogP) is 4.93. The Labute approximate surface area is 104 Å². The number of hydrogen-bond acceptors (Lipinski definition) is 0. The third-order valence-corrected chi connectivity index (χ3v) is 4.11. The van der Waals surface area contributed by atoms with Crippen molar-refractivity contribution in [2.75, 3.05) is 0 Å². The summed E-state index contributed by atoms with van der Waals surface area (Å²) in [6, 6.07) is 8.81. The summed E-state index contributed by atoms with van der Waals surface area (Å²) in [6.07, 6.45) is 16.2. The Morgan fingerprint density at radius 2 is 2.00 bits per heavy atom. The van der Waals surface area contributed by atoms with Crippen molar-refractivity contribution >= 4 is 6.08 Å². The van der Waals surface area contributed by atoms with Gasteiger partial charge in [0.2, 0.25) is 0 Å². The van der Waals surface area contributed by atoms with E-state index in [-0.39, 0.29) is 0 Å². The first kappa shape index (κ1) is 10.8. The Hall–Kier alpha value is -1.30. The molecule has 2 atom stereocenters. The van der Waals surface area contributed by atoms with Crippen LogP contribution in [0.3, 0.4) is 0 Å². The highest BCUT2D eigenvalue weighted by atomic mass is 14.2. The van der Waals surface area contributed by atoms with E-state index >= 15 is 0 Å². The summed E-state index contributed by atoms with van der Waals surface area (Å²) in [7, 11) is 0. The van der Waals surface area contributed by atoms with E-state index in [2.05, 4.69) is 48.6 Å². The highest BCUT2D eigenvalue weighted by Gasteiger charge is 2.17. The van der Waals surface area contributed by atoms with Crippen molar-refractivity contribution < 1.29 is 0 Å². The van der Waals surface area contributed by atoms with E-state index in [0.717, 1.165) is 5.92 Å². The molecule has 0 aromatic heterocycles. The molecule has 0 spiro atoms. The zero-order valence-corrected chi connectivity index (χ0v) is 10.3. The quantitative estimate of drug-likeness (QED) is 0.636. The first-order valence-electron chi connectivity index (χ1n) is 6.87. The maximum atomic E-state index is 2.42. The van der Waals surface area contributed by atoms with Gasteiger partial charge in [-0.1, -0.05) is 55.0 Å². The first-order chi connectivity index (χ1) is 8.43. The third-order valence-electron chi connectivity index (χ3n) is 4.11. The molecule has 1 aromatic carbocycles. The molecule has 2 aliphatic rings. The second-order valence-electron chi connectivity index (χ2n) is 5.29. The summed E-state index contributed by atoms with van der Waals surface area (Å²) in [6.45, 7) is 0. The molecule has 0 saturated heterocycles. The van der Waals surface area contributed by atoms with Gasteiger partial charge in [0.1, 0.15) is 0 Å². The molecule has 0 aliphatic heterocycles. The van der Waals surface area contributed by atoms with E-state index in [9.17, 15) is 0 Å². The van der Waals surface area contributed by atoms with Crippen LogP contribution in [0.15, 0.2) is 42.5 Å². The van der Waals surface area contributed by atoms with Crippen molar-refractivity contribution in [2.45, 2.75) is 38.0 Å². The van der Waals surface area contributed by atoms with Crippen molar-refractivity contribution in [3.05, 3.63) is 53.6 Å². The van der Waals surface area contributed by atoms with Crippen LogP contribution < -0.4 is 0 Å². The Morgan fingerprint density at radius 1 is 1.06 bits per heavy atom. The van der Waals surface area contributed by atoms with Crippen molar-refractivity contribution in [1.82, 2.24) is 0 Å². The number of allylic oxidation sites excluding steroid dienone is 3. The van der Waals surface area contributed by atoms with Gasteiger partial charge < -0.3 is 0 Å². The van der Waals surface area contributed by atoms with Gasteiger partial charge in [0.25, 0.3) is 0 Å². The van der Waals surface area contributed by atoms with Crippen LogP contribution in [0.25, 0.3) is 6.08 Å². The zero-order valence-electron chi connectivity index (χ0n) is 10.3. The molecule has 0 heterocycles. The Kier molecular flexibility index (Phi) is 3.13. The van der Waals surface area contributed by atoms with E-state index in [1.54, 1.807) is 0 Å². The highest BCUT2D eigenvalue weighted by Crippen LogP contribution is 2.34. The van der Waals surface area contributed by atoms with Crippen LogP contribution in [0.4, 0.5) is 0 Å². The van der Waals surface area contributed by atoms with Crippen molar-refractivity contribution in [1.29, 1.82) is 0 Å². The normalized spacial score (nSPS) is 25.4. The van der Waals surface area contributed by atoms with E-state index < -0.39 is 0 Å². The summed E-state index contributed by atoms with van der Waals surface area (Å²) >= 11 is 0. The molecule has 0 saturated carbocycles. The summed E-state index contributed by atoms with van der Waals surface area (Å²) in [5.41, 5.74) is 2.97. The van der Waals surface area contributed by atoms with E-state index in [1.165, 1.54) is 43.2 Å². The van der Waals surface area contributed by atoms with Gasteiger partial charge in [-0.25, -0.2) is 0 Å². The van der Waals surface area contributed by atoms with Crippen LogP contribution in [0, 0.1) is 5.92 Å². The molecule has 2 unspecified atom stereocenters. The van der Waals surface area contributed by atoms with Gasteiger partial charge in [-0.3, -0.25) is 0 Å². The van der Waals surface area contributed by atoms with Crippen LogP contribution in [0.5, 0.6) is 0 Å². The topological polar surface area (TPSA) is 0 Å². The minimum Gasteiger partial charge on any atom is -0.0882 e. The van der Waals surface area contributed by atoms with Crippen LogP contribution in [0.2, 0.25) is 0 Å². The summed E-state index contributed by atoms with van der Waals surface area (Å²) in [4.78, 5) is 0. The number of rotatable bonds is 4. The summed E-state index contributed by atoms with van der Waals surface area (Å²) in [5.74, 6) is 1.55. The summed E-state index contributed by atoms with van der Waals surface area (Å²) < 4.78 is 0. The maximum Gasteiger partial charge on any atom is 0.00272 e. The van der Waals surface area contributed by atoms with Crippen molar-refractivity contribution in [2.24, 2.45) is 5.92 Å². The Morgan fingerprint density at radius 3 is 2.88 bits per heavy atom. The minimum absolute atomic E-state index is 0.677. The fourth-order valence-electron chi connectivity index (χ4n) is 3.11. The van der Waals surface area contributed by atoms with Crippen molar-refractivity contribution in [3.8, 4) is 0 Å². The van der Waals surface area contributed by atoms with Gasteiger partial charge in [-0.15, -0.1) is 0 Å². The molecular formula is C17H20. The van der Waals surface area contributed by atoms with Gasteiger partial charge in [0.05, 0.1) is 0 Å². The number of benzene rings is 1. The second kappa shape index (κ2) is 4.91.